The molecule has 0 aliphatic heterocycles. The number of aryl methyl sites for hydroxylation is 1. The van der Waals surface area contributed by atoms with E-state index in [4.69, 9.17) is 17.3 Å². The third kappa shape index (κ3) is 2.65. The molecule has 0 bridgehead atoms. The first-order valence-corrected chi connectivity index (χ1v) is 5.73. The van der Waals surface area contributed by atoms with Crippen molar-refractivity contribution in [2.24, 2.45) is 5.73 Å². The molecule has 0 saturated heterocycles. The lowest BCUT2D eigenvalue weighted by molar-refractivity contribution is 0.627. The maximum absolute atomic E-state index is 13.1. The molecule has 2 rings (SSSR count). The Morgan fingerprint density at radius 1 is 1.12 bits per heavy atom. The van der Waals surface area contributed by atoms with Crippen molar-refractivity contribution in [3.63, 3.8) is 0 Å². The predicted molar refractivity (Wildman–Crippen MR) is 68.6 cm³/mol. The molecule has 88 valence electrons. The minimum Gasteiger partial charge on any atom is -0.320 e. The molecule has 0 aromatic heterocycles. The van der Waals surface area contributed by atoms with Crippen molar-refractivity contribution in [2.45, 2.75) is 13.0 Å². The Morgan fingerprint density at radius 2 is 1.82 bits per heavy atom. The van der Waals surface area contributed by atoms with Gasteiger partial charge >= 0.3 is 0 Å². The van der Waals surface area contributed by atoms with Gasteiger partial charge < -0.3 is 5.73 Å². The van der Waals surface area contributed by atoms with Crippen LogP contribution in [0.3, 0.4) is 0 Å². The van der Waals surface area contributed by atoms with Crippen LogP contribution in [0, 0.1) is 12.7 Å². The number of rotatable bonds is 2. The molecule has 1 unspecified atom stereocenters. The van der Waals surface area contributed by atoms with Gasteiger partial charge in [0.15, 0.2) is 0 Å². The highest BCUT2D eigenvalue weighted by molar-refractivity contribution is 6.30. The third-order valence-electron chi connectivity index (χ3n) is 2.70. The third-order valence-corrected chi connectivity index (χ3v) is 2.99. The van der Waals surface area contributed by atoms with E-state index in [1.807, 2.05) is 31.2 Å². The monoisotopic (exact) mass is 249 g/mol. The summed E-state index contributed by atoms with van der Waals surface area (Å²) < 4.78 is 13.1. The molecule has 1 nitrogen and oxygen atoms in total. The van der Waals surface area contributed by atoms with E-state index in [2.05, 4.69) is 0 Å². The molecule has 0 aliphatic rings. The summed E-state index contributed by atoms with van der Waals surface area (Å²) in [6, 6.07) is 12.2. The maximum Gasteiger partial charge on any atom is 0.141 e. The first kappa shape index (κ1) is 12.1. The summed E-state index contributed by atoms with van der Waals surface area (Å²) in [5, 5.41) is 0.102. The molecule has 2 aromatic rings. The van der Waals surface area contributed by atoms with Crippen LogP contribution in [-0.2, 0) is 0 Å². The summed E-state index contributed by atoms with van der Waals surface area (Å²) in [7, 11) is 0. The molecule has 3 heteroatoms. The second-order valence-electron chi connectivity index (χ2n) is 4.07. The Bertz CT molecular complexity index is 539. The molecule has 1 atom stereocenters. The first-order chi connectivity index (χ1) is 8.08. The van der Waals surface area contributed by atoms with Crippen molar-refractivity contribution in [2.75, 3.05) is 0 Å². The topological polar surface area (TPSA) is 26.0 Å². The van der Waals surface area contributed by atoms with Gasteiger partial charge in [-0.2, -0.15) is 0 Å². The highest BCUT2D eigenvalue weighted by Crippen LogP contribution is 2.24. The number of hydrogen-bond donors (Lipinski definition) is 1. The Labute approximate surface area is 105 Å². The summed E-state index contributed by atoms with van der Waals surface area (Å²) >= 11 is 5.75. The van der Waals surface area contributed by atoms with Gasteiger partial charge in [0, 0.05) is 0 Å². The lowest BCUT2D eigenvalue weighted by atomic mass is 9.98. The Kier molecular flexibility index (Phi) is 3.46. The predicted octanol–water partition coefficient (Wildman–Crippen LogP) is 3.84. The van der Waals surface area contributed by atoms with Crippen LogP contribution in [0.4, 0.5) is 4.39 Å². The SMILES string of the molecule is Cc1cccc(C(N)c2ccc(F)c(Cl)c2)c1. The van der Waals surface area contributed by atoms with E-state index in [9.17, 15) is 4.39 Å². The summed E-state index contributed by atoms with van der Waals surface area (Å²) in [5.41, 5.74) is 9.07. The highest BCUT2D eigenvalue weighted by Gasteiger charge is 2.10. The lowest BCUT2D eigenvalue weighted by Gasteiger charge is -2.13. The maximum atomic E-state index is 13.1. The number of hydrogen-bond acceptors (Lipinski definition) is 1. The average Bonchev–Trinajstić information content (AvgIpc) is 2.32. The number of nitrogens with two attached hydrogens (primary N) is 1. The van der Waals surface area contributed by atoms with Crippen LogP contribution in [0.15, 0.2) is 42.5 Å². The first-order valence-electron chi connectivity index (χ1n) is 5.35. The van der Waals surface area contributed by atoms with Crippen molar-refractivity contribution in [1.29, 1.82) is 0 Å². The van der Waals surface area contributed by atoms with Crippen molar-refractivity contribution in [1.82, 2.24) is 0 Å². The zero-order valence-electron chi connectivity index (χ0n) is 9.45. The second kappa shape index (κ2) is 4.86. The minimum atomic E-state index is -0.424. The molecule has 0 radical (unpaired) electrons. The molecular formula is C14H13ClFN. The van der Waals surface area contributed by atoms with Crippen LogP contribution < -0.4 is 5.73 Å². The molecule has 0 heterocycles. The molecule has 0 saturated carbocycles. The van der Waals surface area contributed by atoms with Crippen LogP contribution in [-0.4, -0.2) is 0 Å². The van der Waals surface area contributed by atoms with E-state index in [-0.39, 0.29) is 11.1 Å². The summed E-state index contributed by atoms with van der Waals surface area (Å²) in [5.74, 6) is -0.424. The Morgan fingerprint density at radius 3 is 2.47 bits per heavy atom. The fraction of sp³-hybridized carbons (Fsp3) is 0.143. The largest absolute Gasteiger partial charge is 0.320 e. The van der Waals surface area contributed by atoms with Gasteiger partial charge in [-0.25, -0.2) is 4.39 Å². The van der Waals surface area contributed by atoms with Crippen LogP contribution in [0.25, 0.3) is 0 Å². The highest BCUT2D eigenvalue weighted by atomic mass is 35.5. The van der Waals surface area contributed by atoms with Crippen LogP contribution >= 0.6 is 11.6 Å². The normalized spacial score (nSPS) is 12.5. The van der Waals surface area contributed by atoms with E-state index in [0.717, 1.165) is 16.7 Å². The van der Waals surface area contributed by atoms with E-state index >= 15 is 0 Å². The van der Waals surface area contributed by atoms with Gasteiger partial charge in [0.05, 0.1) is 11.1 Å². The van der Waals surface area contributed by atoms with Crippen molar-refractivity contribution >= 4 is 11.6 Å². The van der Waals surface area contributed by atoms with Gasteiger partial charge in [0.25, 0.3) is 0 Å². The molecule has 17 heavy (non-hydrogen) atoms. The van der Waals surface area contributed by atoms with E-state index in [0.29, 0.717) is 0 Å². The zero-order valence-corrected chi connectivity index (χ0v) is 10.2. The summed E-state index contributed by atoms with van der Waals surface area (Å²) in [6.45, 7) is 2.01. The van der Waals surface area contributed by atoms with Crippen molar-refractivity contribution < 1.29 is 4.39 Å². The molecule has 2 aromatic carbocycles. The van der Waals surface area contributed by atoms with Gasteiger partial charge in [0.2, 0.25) is 0 Å². The van der Waals surface area contributed by atoms with Gasteiger partial charge in [-0.1, -0.05) is 47.5 Å². The molecular weight excluding hydrogens is 237 g/mol. The van der Waals surface area contributed by atoms with Gasteiger partial charge in [-0.3, -0.25) is 0 Å². The summed E-state index contributed by atoms with van der Waals surface area (Å²) in [4.78, 5) is 0. The number of halogens is 2. The van der Waals surface area contributed by atoms with Crippen molar-refractivity contribution in [3.05, 3.63) is 70.0 Å². The molecule has 2 N–H and O–H groups in total. The van der Waals surface area contributed by atoms with Gasteiger partial charge in [-0.15, -0.1) is 0 Å². The Hall–Kier alpha value is -1.38. The Balaban J connectivity index is 2.36. The molecule has 0 fully saturated rings. The van der Waals surface area contributed by atoms with Gasteiger partial charge in [-0.05, 0) is 30.2 Å². The summed E-state index contributed by atoms with van der Waals surface area (Å²) in [6.07, 6.45) is 0. The lowest BCUT2D eigenvalue weighted by Crippen LogP contribution is -2.12. The zero-order chi connectivity index (χ0) is 12.4. The van der Waals surface area contributed by atoms with Gasteiger partial charge in [0.1, 0.15) is 5.82 Å². The van der Waals surface area contributed by atoms with Crippen LogP contribution in [0.1, 0.15) is 22.7 Å². The molecule has 0 spiro atoms. The molecule has 0 amide bonds. The van der Waals surface area contributed by atoms with E-state index < -0.39 is 5.82 Å². The number of benzene rings is 2. The van der Waals surface area contributed by atoms with Crippen LogP contribution in [0.2, 0.25) is 5.02 Å². The average molecular weight is 250 g/mol. The minimum absolute atomic E-state index is 0.102. The smallest absolute Gasteiger partial charge is 0.141 e. The second-order valence-corrected chi connectivity index (χ2v) is 4.47. The quantitative estimate of drug-likeness (QED) is 0.860. The van der Waals surface area contributed by atoms with Crippen LogP contribution in [0.5, 0.6) is 0 Å². The van der Waals surface area contributed by atoms with E-state index in [1.54, 1.807) is 12.1 Å². The fourth-order valence-corrected chi connectivity index (χ4v) is 1.95. The standard InChI is InChI=1S/C14H13ClFN/c1-9-3-2-4-10(7-9)14(17)11-5-6-13(16)12(15)8-11/h2-8,14H,17H2,1H3. The van der Waals surface area contributed by atoms with E-state index in [1.165, 1.54) is 6.07 Å². The fourth-order valence-electron chi connectivity index (χ4n) is 1.76. The van der Waals surface area contributed by atoms with Crippen molar-refractivity contribution in [3.8, 4) is 0 Å². The molecule has 0 aliphatic carbocycles.